The Hall–Kier alpha value is -2.14. The number of pyridine rings is 1. The first kappa shape index (κ1) is 16.3. The van der Waals surface area contributed by atoms with Crippen molar-refractivity contribution in [3.8, 4) is 0 Å². The molecule has 0 spiro atoms. The molecule has 0 bridgehead atoms. The molecular weight excluding hydrogens is 330 g/mol. The molecule has 0 unspecified atom stereocenters. The summed E-state index contributed by atoms with van der Waals surface area (Å²) in [7, 11) is 1.88. The summed E-state index contributed by atoms with van der Waals surface area (Å²) < 4.78 is 3.58. The number of carbonyl (C=O) groups excluding carboxylic acids is 1. The average Bonchev–Trinajstić information content (AvgIpc) is 3.34. The third kappa shape index (κ3) is 3.47. The minimum Gasteiger partial charge on any atom is -0.349 e. The molecule has 0 atom stereocenters. The van der Waals surface area contributed by atoms with Gasteiger partial charge in [-0.3, -0.25) is 9.78 Å². The van der Waals surface area contributed by atoms with Gasteiger partial charge < -0.3 is 9.47 Å². The second-order valence-corrected chi connectivity index (χ2v) is 7.99. The Morgan fingerprint density at radius 2 is 2.04 bits per heavy atom. The van der Waals surface area contributed by atoms with E-state index in [1.54, 1.807) is 23.7 Å². The monoisotopic (exact) mass is 353 g/mol. The van der Waals surface area contributed by atoms with Gasteiger partial charge in [-0.25, -0.2) is 0 Å². The van der Waals surface area contributed by atoms with E-state index in [4.69, 9.17) is 0 Å². The van der Waals surface area contributed by atoms with Gasteiger partial charge in [0, 0.05) is 49.8 Å². The number of hydrogen-bond acceptors (Lipinski definition) is 3. The predicted molar refractivity (Wildman–Crippen MR) is 102 cm³/mol. The summed E-state index contributed by atoms with van der Waals surface area (Å²) in [4.78, 5) is 19.4. The Balaban J connectivity index is 1.43. The molecule has 1 amide bonds. The van der Waals surface area contributed by atoms with Crippen LogP contribution in [-0.2, 0) is 6.42 Å². The normalized spacial score (nSPS) is 15.1. The Bertz CT molecular complexity index is 830. The molecule has 0 aromatic carbocycles. The molecule has 1 aliphatic carbocycles. The van der Waals surface area contributed by atoms with Gasteiger partial charge in [0.1, 0.15) is 0 Å². The van der Waals surface area contributed by atoms with Crippen molar-refractivity contribution in [1.82, 2.24) is 14.5 Å². The zero-order chi connectivity index (χ0) is 17.2. The maximum atomic E-state index is 12.7. The minimum atomic E-state index is 0.114. The van der Waals surface area contributed by atoms with Crippen molar-refractivity contribution in [1.29, 1.82) is 0 Å². The summed E-state index contributed by atoms with van der Waals surface area (Å²) in [5.74, 6) is 0.114. The molecule has 3 aromatic rings. The lowest BCUT2D eigenvalue weighted by Gasteiger charge is -2.16. The van der Waals surface area contributed by atoms with E-state index in [0.717, 1.165) is 11.3 Å². The molecule has 1 aliphatic rings. The molecule has 4 nitrogen and oxygen atoms in total. The molecule has 130 valence electrons. The Morgan fingerprint density at radius 1 is 1.28 bits per heavy atom. The van der Waals surface area contributed by atoms with Gasteiger partial charge in [-0.1, -0.05) is 12.8 Å². The fraction of sp³-hybridized carbons (Fsp3) is 0.400. The third-order valence-electron chi connectivity index (χ3n) is 5.13. The highest BCUT2D eigenvalue weighted by atomic mass is 32.1. The van der Waals surface area contributed by atoms with E-state index in [0.29, 0.717) is 12.6 Å². The van der Waals surface area contributed by atoms with E-state index in [1.807, 2.05) is 24.1 Å². The van der Waals surface area contributed by atoms with Gasteiger partial charge in [-0.15, -0.1) is 11.3 Å². The molecule has 3 heterocycles. The van der Waals surface area contributed by atoms with Gasteiger partial charge in [-0.2, -0.15) is 0 Å². The maximum Gasteiger partial charge on any atom is 0.263 e. The van der Waals surface area contributed by atoms with Crippen molar-refractivity contribution in [3.63, 3.8) is 0 Å². The van der Waals surface area contributed by atoms with Crippen LogP contribution in [-0.4, -0.2) is 34.0 Å². The van der Waals surface area contributed by atoms with Gasteiger partial charge in [0.2, 0.25) is 0 Å². The van der Waals surface area contributed by atoms with E-state index in [-0.39, 0.29) is 5.91 Å². The van der Waals surface area contributed by atoms with Crippen LogP contribution in [0.3, 0.4) is 0 Å². The van der Waals surface area contributed by atoms with Crippen LogP contribution in [0, 0.1) is 0 Å². The largest absolute Gasteiger partial charge is 0.349 e. The van der Waals surface area contributed by atoms with Crippen molar-refractivity contribution in [2.75, 3.05) is 13.6 Å². The SMILES string of the molecule is CN(CCc1ccncc1)C(=O)c1cc2cn(C3CCCC3)cc2s1. The number of amides is 1. The number of hydrogen-bond donors (Lipinski definition) is 0. The first-order valence-electron chi connectivity index (χ1n) is 8.96. The molecular formula is C20H23N3OS. The van der Waals surface area contributed by atoms with Gasteiger partial charge >= 0.3 is 0 Å². The molecule has 0 radical (unpaired) electrons. The summed E-state index contributed by atoms with van der Waals surface area (Å²) in [6.07, 6.45) is 14.1. The van der Waals surface area contributed by atoms with E-state index in [9.17, 15) is 4.79 Å². The highest BCUT2D eigenvalue weighted by Crippen LogP contribution is 2.34. The predicted octanol–water partition coefficient (Wildman–Crippen LogP) is 4.53. The Kier molecular flexibility index (Phi) is 4.57. The van der Waals surface area contributed by atoms with Gasteiger partial charge in [-0.05, 0) is 43.0 Å². The Morgan fingerprint density at radius 3 is 2.76 bits per heavy atom. The standard InChI is InChI=1S/C20H23N3OS/c1-22(11-8-15-6-9-21-10-7-15)20(24)18-12-16-13-23(14-19(16)25-18)17-4-2-3-5-17/h6-7,9-10,12-14,17H,2-5,8,11H2,1H3. The lowest BCUT2D eigenvalue weighted by molar-refractivity contribution is 0.0801. The van der Waals surface area contributed by atoms with Crippen molar-refractivity contribution in [2.45, 2.75) is 38.1 Å². The molecule has 1 fully saturated rings. The molecule has 25 heavy (non-hydrogen) atoms. The zero-order valence-electron chi connectivity index (χ0n) is 14.5. The summed E-state index contributed by atoms with van der Waals surface area (Å²) in [5.41, 5.74) is 1.21. The van der Waals surface area contributed by atoms with Crippen LogP contribution in [0.25, 0.3) is 10.1 Å². The number of likely N-dealkylation sites (N-methyl/N-ethyl adjacent to an activating group) is 1. The van der Waals surface area contributed by atoms with Gasteiger partial charge in [0.05, 0.1) is 9.58 Å². The van der Waals surface area contributed by atoms with Crippen LogP contribution in [0.15, 0.2) is 43.0 Å². The highest BCUT2D eigenvalue weighted by Gasteiger charge is 2.19. The van der Waals surface area contributed by atoms with Crippen molar-refractivity contribution < 1.29 is 4.79 Å². The third-order valence-corrected chi connectivity index (χ3v) is 6.21. The summed E-state index contributed by atoms with van der Waals surface area (Å²) >= 11 is 1.61. The van der Waals surface area contributed by atoms with Crippen molar-refractivity contribution >= 4 is 27.3 Å². The van der Waals surface area contributed by atoms with E-state index >= 15 is 0 Å². The average molecular weight is 353 g/mol. The highest BCUT2D eigenvalue weighted by molar-refractivity contribution is 7.20. The quantitative estimate of drug-likeness (QED) is 0.676. The maximum absolute atomic E-state index is 12.7. The molecule has 0 N–H and O–H groups in total. The second-order valence-electron chi connectivity index (χ2n) is 6.91. The summed E-state index contributed by atoms with van der Waals surface area (Å²) in [6.45, 7) is 0.715. The molecule has 4 rings (SSSR count). The van der Waals surface area contributed by atoms with Crippen LogP contribution in [0.4, 0.5) is 0 Å². The number of thiophene rings is 1. The number of carbonyl (C=O) groups is 1. The number of aromatic nitrogens is 2. The van der Waals surface area contributed by atoms with Crippen molar-refractivity contribution in [2.24, 2.45) is 0 Å². The van der Waals surface area contributed by atoms with E-state index in [1.165, 1.54) is 41.3 Å². The molecule has 1 saturated carbocycles. The lowest BCUT2D eigenvalue weighted by atomic mass is 10.2. The summed E-state index contributed by atoms with van der Waals surface area (Å²) in [5, 5.41) is 1.20. The van der Waals surface area contributed by atoms with Crippen LogP contribution in [0.5, 0.6) is 0 Å². The van der Waals surface area contributed by atoms with Gasteiger partial charge in [0.25, 0.3) is 5.91 Å². The molecule has 5 heteroatoms. The fourth-order valence-corrected chi connectivity index (χ4v) is 4.68. The topological polar surface area (TPSA) is 38.1 Å². The van der Waals surface area contributed by atoms with Crippen LogP contribution < -0.4 is 0 Å². The number of fused-ring (bicyclic) bond motifs is 1. The first-order chi connectivity index (χ1) is 12.2. The lowest BCUT2D eigenvalue weighted by Crippen LogP contribution is -2.28. The molecule has 0 aliphatic heterocycles. The van der Waals surface area contributed by atoms with Crippen LogP contribution in [0.2, 0.25) is 0 Å². The van der Waals surface area contributed by atoms with Gasteiger partial charge in [0.15, 0.2) is 0 Å². The minimum absolute atomic E-state index is 0.114. The fourth-order valence-electron chi connectivity index (χ4n) is 3.61. The smallest absolute Gasteiger partial charge is 0.263 e. The molecule has 3 aromatic heterocycles. The second kappa shape index (κ2) is 7.00. The Labute approximate surface area is 152 Å². The summed E-state index contributed by atoms with van der Waals surface area (Å²) in [6, 6.07) is 6.71. The molecule has 0 saturated heterocycles. The van der Waals surface area contributed by atoms with E-state index in [2.05, 4.69) is 28.0 Å². The first-order valence-corrected chi connectivity index (χ1v) is 9.78. The van der Waals surface area contributed by atoms with Crippen LogP contribution >= 0.6 is 11.3 Å². The zero-order valence-corrected chi connectivity index (χ0v) is 15.3. The van der Waals surface area contributed by atoms with Crippen LogP contribution in [0.1, 0.15) is 47.0 Å². The number of nitrogens with zero attached hydrogens (tertiary/aromatic N) is 3. The van der Waals surface area contributed by atoms with E-state index < -0.39 is 0 Å². The van der Waals surface area contributed by atoms with Crippen molar-refractivity contribution in [3.05, 3.63) is 53.4 Å². The number of rotatable bonds is 5.